The highest BCUT2D eigenvalue weighted by Gasteiger charge is 2.62. The summed E-state index contributed by atoms with van der Waals surface area (Å²) in [7, 11) is -1.80. The van der Waals surface area contributed by atoms with Gasteiger partial charge in [-0.2, -0.15) is 0 Å². The zero-order valence-electron chi connectivity index (χ0n) is 22.8. The van der Waals surface area contributed by atoms with Crippen molar-refractivity contribution >= 4 is 47.1 Å². The van der Waals surface area contributed by atoms with Gasteiger partial charge in [0.1, 0.15) is 6.61 Å². The monoisotopic (exact) mass is 522 g/mol. The molecule has 0 aromatic rings. The molecule has 0 rings (SSSR count). The fraction of sp³-hybridized carbons (Fsp3) is 0.810. The molecule has 0 aliphatic heterocycles. The Morgan fingerprint density at radius 1 is 0.938 bits per heavy atom. The third-order valence-corrected chi connectivity index (χ3v) is 8.02. The molecule has 7 nitrogen and oxygen atoms in total. The van der Waals surface area contributed by atoms with Crippen LogP contribution >= 0.6 is 0 Å². The van der Waals surface area contributed by atoms with E-state index in [0.29, 0.717) is 5.57 Å². The van der Waals surface area contributed by atoms with E-state index in [2.05, 4.69) is 65.5 Å². The van der Waals surface area contributed by atoms with Gasteiger partial charge in [0, 0.05) is 15.8 Å². The third kappa shape index (κ3) is 9.83. The zero-order valence-corrected chi connectivity index (χ0v) is 27.8. The highest BCUT2D eigenvalue weighted by molar-refractivity contribution is 6.71. The number of hydrogen-bond donors (Lipinski definition) is 0. The Morgan fingerprint density at radius 3 is 1.69 bits per heavy atom. The summed E-state index contributed by atoms with van der Waals surface area (Å²) < 4.78 is 25.4. The van der Waals surface area contributed by atoms with E-state index in [1.807, 2.05) is 14.1 Å². The Hall–Kier alpha value is -0.412. The summed E-state index contributed by atoms with van der Waals surface area (Å²) in [5.74, 6) is -1.88. The van der Waals surface area contributed by atoms with Gasteiger partial charge in [0.25, 0.3) is 0 Å². The second-order valence-corrected chi connectivity index (χ2v) is 25.8. The molecule has 0 spiro atoms. The van der Waals surface area contributed by atoms with Gasteiger partial charge in [0.15, 0.2) is 31.1 Å². The first-order valence-corrected chi connectivity index (χ1v) is 23.0. The van der Waals surface area contributed by atoms with E-state index in [9.17, 15) is 9.59 Å². The molecule has 1 amide bonds. The van der Waals surface area contributed by atoms with Crippen molar-refractivity contribution in [1.82, 2.24) is 0 Å². The highest BCUT2D eigenvalue weighted by atomic mass is 28.4. The van der Waals surface area contributed by atoms with Gasteiger partial charge in [-0.3, -0.25) is 0 Å². The van der Waals surface area contributed by atoms with Crippen molar-refractivity contribution in [1.29, 1.82) is 0 Å². The van der Waals surface area contributed by atoms with Crippen LogP contribution in [0.15, 0.2) is 12.2 Å². The summed E-state index contributed by atoms with van der Waals surface area (Å²) in [5, 5.41) is 0. The molecule has 0 aromatic heterocycles. The molecule has 1 atom stereocenters. The van der Waals surface area contributed by atoms with Crippen LogP contribution in [0.25, 0.3) is 0 Å². The van der Waals surface area contributed by atoms with Gasteiger partial charge in [-0.15, -0.1) is 0 Å². The molecule has 0 aromatic carbocycles. The average Bonchev–Trinajstić information content (AvgIpc) is 2.54. The molecule has 0 aliphatic carbocycles. The van der Waals surface area contributed by atoms with Crippen molar-refractivity contribution < 1.29 is 32.1 Å². The van der Waals surface area contributed by atoms with Gasteiger partial charge in [0.05, 0.1) is 20.5 Å². The second kappa shape index (κ2) is 11.3. The van der Waals surface area contributed by atoms with Crippen molar-refractivity contribution in [3.05, 3.63) is 12.2 Å². The van der Waals surface area contributed by atoms with Gasteiger partial charge in [-0.25, -0.2) is 14.1 Å². The first kappa shape index (κ1) is 31.6. The molecule has 0 saturated carbocycles. The largest absolute Gasteiger partial charge is 0.462 e. The minimum absolute atomic E-state index is 0.0113. The minimum atomic E-state index is -2.18. The Morgan fingerprint density at radius 2 is 1.38 bits per heavy atom. The molecular weight excluding hydrogens is 475 g/mol. The average molecular weight is 523 g/mol. The highest BCUT2D eigenvalue weighted by Crippen LogP contribution is 2.39. The fourth-order valence-electron chi connectivity index (χ4n) is 3.27. The molecule has 32 heavy (non-hydrogen) atoms. The van der Waals surface area contributed by atoms with Gasteiger partial charge >= 0.3 is 17.8 Å². The van der Waals surface area contributed by atoms with Gasteiger partial charge in [0.2, 0.25) is 0 Å². The Labute approximate surface area is 202 Å². The van der Waals surface area contributed by atoms with Crippen molar-refractivity contribution in [3.8, 4) is 0 Å². The summed E-state index contributed by atoms with van der Waals surface area (Å²) in [6.45, 7) is 24.2. The van der Waals surface area contributed by atoms with Crippen LogP contribution in [0.1, 0.15) is 13.3 Å². The van der Waals surface area contributed by atoms with E-state index in [0.717, 1.165) is 16.3 Å². The van der Waals surface area contributed by atoms with Gasteiger partial charge < -0.3 is 18.0 Å². The molecule has 1 unspecified atom stereocenters. The molecule has 0 fully saturated rings. The lowest BCUT2D eigenvalue weighted by atomic mass is 10.2. The van der Waals surface area contributed by atoms with Crippen molar-refractivity contribution in [2.24, 2.45) is 0 Å². The predicted octanol–water partition coefficient (Wildman–Crippen LogP) is 3.46. The maximum Gasteiger partial charge on any atom is 0.333 e. The van der Waals surface area contributed by atoms with Crippen LogP contribution in [0.4, 0.5) is 0 Å². The lowest BCUT2D eigenvalue weighted by molar-refractivity contribution is -0.928. The van der Waals surface area contributed by atoms with Crippen LogP contribution in [0.2, 0.25) is 65.0 Å². The lowest BCUT2D eigenvalue weighted by Gasteiger charge is -2.53. The summed E-state index contributed by atoms with van der Waals surface area (Å²) in [6, 6.07) is 0.777. The van der Waals surface area contributed by atoms with Crippen LogP contribution in [-0.4, -0.2) is 84.3 Å². The predicted molar refractivity (Wildman–Crippen MR) is 142 cm³/mol. The van der Waals surface area contributed by atoms with E-state index in [4.69, 9.17) is 18.0 Å². The van der Waals surface area contributed by atoms with Crippen LogP contribution in [0, 0.1) is 0 Å². The quantitative estimate of drug-likeness (QED) is 0.121. The van der Waals surface area contributed by atoms with Crippen molar-refractivity contribution in [3.63, 3.8) is 0 Å². The standard InChI is InChI=1S/C21H48NO6Si4/c1-17(2)20(24)25-15-14-19(23)22(3,4)21(27-31(8,9)10,28-32(11,12)13)18(16-29)26-30(5,6)7/h18H,1,14-16H2,2-13,29H3/q+1. The Kier molecular flexibility index (Phi) is 11.2. The summed E-state index contributed by atoms with van der Waals surface area (Å²) in [4.78, 5) is 25.4. The van der Waals surface area contributed by atoms with Crippen LogP contribution < -0.4 is 0 Å². The summed E-state index contributed by atoms with van der Waals surface area (Å²) in [6.07, 6.45) is -0.310. The van der Waals surface area contributed by atoms with Crippen LogP contribution in [0.3, 0.4) is 0 Å². The molecule has 0 heterocycles. The second-order valence-electron chi connectivity index (χ2n) is 11.7. The number of esters is 1. The topological polar surface area (TPSA) is 71.1 Å². The Bertz CT molecular complexity index is 661. The van der Waals surface area contributed by atoms with E-state index in [1.165, 1.54) is 0 Å². The van der Waals surface area contributed by atoms with E-state index in [1.54, 1.807) is 6.92 Å². The number of nitrogens with zero attached hydrogens (tertiary/aromatic N) is 1. The normalized spacial score (nSPS) is 14.9. The van der Waals surface area contributed by atoms with Crippen molar-refractivity contribution in [2.75, 3.05) is 20.7 Å². The molecule has 11 heteroatoms. The number of amides is 1. The number of quaternary nitrogens is 1. The zero-order chi connectivity index (χ0) is 25.8. The van der Waals surface area contributed by atoms with E-state index >= 15 is 0 Å². The van der Waals surface area contributed by atoms with Gasteiger partial charge in [-0.1, -0.05) is 6.58 Å². The Balaban J connectivity index is 6.47. The number of likely N-dealkylation sites (N-methyl/N-ethyl adjacent to an activating group) is 1. The number of rotatable bonds is 13. The number of ether oxygens (including phenoxy) is 1. The molecule has 0 aliphatic rings. The van der Waals surface area contributed by atoms with Gasteiger partial charge in [-0.05, 0) is 71.9 Å². The number of carbonyl (C=O) groups is 2. The first-order chi connectivity index (χ1) is 14.1. The molecule has 0 N–H and O–H groups in total. The van der Waals surface area contributed by atoms with E-state index in [-0.39, 0.29) is 29.5 Å². The summed E-state index contributed by atoms with van der Waals surface area (Å²) in [5.41, 5.74) is 0.309. The number of carbonyl (C=O) groups excluding carboxylic acids is 2. The molecule has 0 saturated heterocycles. The lowest BCUT2D eigenvalue weighted by Crippen LogP contribution is -2.75. The third-order valence-electron chi connectivity index (χ3n) is 4.48. The molecule has 0 bridgehead atoms. The smallest absolute Gasteiger partial charge is 0.333 e. The first-order valence-electron chi connectivity index (χ1n) is 11.4. The van der Waals surface area contributed by atoms with E-state index < -0.39 is 36.8 Å². The maximum atomic E-state index is 13.6. The summed E-state index contributed by atoms with van der Waals surface area (Å²) >= 11 is 0. The van der Waals surface area contributed by atoms with Crippen molar-refractivity contribution in [2.45, 2.75) is 90.3 Å². The van der Waals surface area contributed by atoms with Crippen LogP contribution in [-0.2, 0) is 27.6 Å². The fourth-order valence-corrected chi connectivity index (χ4v) is 8.09. The SMILES string of the molecule is C=C(C)C(=O)OCCC(=O)[N+](C)(C)C(O[Si](C)(C)C)(O[Si](C)(C)C)C(C[SiH3])O[Si](C)(C)C. The maximum absolute atomic E-state index is 13.6. The molecular formula is C21H48NO6Si4+. The van der Waals surface area contributed by atoms with Crippen LogP contribution in [0.5, 0.6) is 0 Å². The number of hydrogen-bond acceptors (Lipinski definition) is 6. The minimum Gasteiger partial charge on any atom is -0.462 e. The molecule has 188 valence electrons. The molecule has 0 radical (unpaired) electrons.